The van der Waals surface area contributed by atoms with Crippen molar-refractivity contribution in [3.63, 3.8) is 0 Å². The average molecular weight is 478 g/mol. The van der Waals surface area contributed by atoms with Crippen LogP contribution in [0.3, 0.4) is 0 Å². The van der Waals surface area contributed by atoms with Crippen molar-refractivity contribution in [2.75, 3.05) is 19.0 Å². The van der Waals surface area contributed by atoms with E-state index >= 15 is 0 Å². The third kappa shape index (κ3) is 6.45. The highest BCUT2D eigenvalue weighted by atomic mass is 32.2. The van der Waals surface area contributed by atoms with Crippen LogP contribution in [0, 0.1) is 11.8 Å². The van der Waals surface area contributed by atoms with E-state index in [1.54, 1.807) is 25.1 Å². The zero-order valence-electron chi connectivity index (χ0n) is 20.1. The number of amides is 1. The predicted molar refractivity (Wildman–Crippen MR) is 131 cm³/mol. The zero-order chi connectivity index (χ0) is 24.9. The highest BCUT2D eigenvalue weighted by molar-refractivity contribution is 7.89. The molecular weight excluding hydrogens is 442 g/mol. The maximum absolute atomic E-state index is 13.4. The van der Waals surface area contributed by atoms with Gasteiger partial charge in [-0.25, -0.2) is 13.2 Å². The minimum Gasteiger partial charge on any atom is -0.480 e. The second kappa shape index (κ2) is 11.0. The van der Waals surface area contributed by atoms with Crippen molar-refractivity contribution >= 4 is 38.4 Å². The molecule has 33 heavy (non-hydrogen) atoms. The fourth-order valence-corrected chi connectivity index (χ4v) is 5.26. The van der Waals surface area contributed by atoms with Crippen LogP contribution in [0.4, 0.5) is 5.69 Å². The summed E-state index contributed by atoms with van der Waals surface area (Å²) in [5, 5.41) is 13.3. The largest absolute Gasteiger partial charge is 0.480 e. The molecule has 0 aliphatic rings. The fourth-order valence-electron chi connectivity index (χ4n) is 3.74. The smallest absolute Gasteiger partial charge is 0.326 e. The topological polar surface area (TPSA) is 116 Å². The van der Waals surface area contributed by atoms with E-state index in [1.165, 1.54) is 6.07 Å². The van der Waals surface area contributed by atoms with Crippen LogP contribution in [-0.2, 0) is 19.6 Å². The van der Waals surface area contributed by atoms with E-state index in [-0.39, 0.29) is 23.2 Å². The van der Waals surface area contributed by atoms with E-state index < -0.39 is 34.0 Å². The lowest BCUT2D eigenvalue weighted by Crippen LogP contribution is -2.54. The predicted octanol–water partition coefficient (Wildman–Crippen LogP) is 3.21. The number of rotatable bonds is 11. The van der Waals surface area contributed by atoms with Crippen molar-refractivity contribution in [1.29, 1.82) is 0 Å². The number of carboxylic acid groups (broad SMARTS) is 1. The van der Waals surface area contributed by atoms with Gasteiger partial charge in [0.25, 0.3) is 0 Å². The van der Waals surface area contributed by atoms with Crippen LogP contribution in [0.5, 0.6) is 0 Å². The van der Waals surface area contributed by atoms with Crippen LogP contribution in [0.1, 0.15) is 40.5 Å². The summed E-state index contributed by atoms with van der Waals surface area (Å²) < 4.78 is 29.4. The van der Waals surface area contributed by atoms with Gasteiger partial charge in [-0.2, -0.15) is 4.72 Å². The number of anilines is 1. The van der Waals surface area contributed by atoms with E-state index in [1.807, 2.05) is 51.9 Å². The molecule has 0 aromatic heterocycles. The number of hydrogen-bond acceptors (Lipinski definition) is 5. The number of nitrogens with zero attached hydrogens (tertiary/aromatic N) is 1. The lowest BCUT2D eigenvalue weighted by molar-refractivity contribution is -0.142. The van der Waals surface area contributed by atoms with Crippen LogP contribution < -0.4 is 14.9 Å². The molecule has 2 rings (SSSR count). The Morgan fingerprint density at radius 1 is 1.03 bits per heavy atom. The first-order valence-corrected chi connectivity index (χ1v) is 12.6. The molecule has 0 bridgehead atoms. The van der Waals surface area contributed by atoms with E-state index in [0.29, 0.717) is 11.8 Å². The monoisotopic (exact) mass is 477 g/mol. The number of carboxylic acids is 1. The molecule has 0 aliphatic carbocycles. The Balaban J connectivity index is 2.44. The van der Waals surface area contributed by atoms with Crippen LogP contribution in [-0.4, -0.2) is 51.6 Å². The zero-order valence-corrected chi connectivity index (χ0v) is 20.9. The van der Waals surface area contributed by atoms with Crippen molar-refractivity contribution in [3.05, 3.63) is 36.4 Å². The van der Waals surface area contributed by atoms with Gasteiger partial charge in [0.1, 0.15) is 12.1 Å². The minimum absolute atomic E-state index is 0.0479. The molecule has 2 aromatic rings. The van der Waals surface area contributed by atoms with Gasteiger partial charge in [0.05, 0.1) is 4.90 Å². The number of fused-ring (bicyclic) bond motifs is 1. The molecule has 0 heterocycles. The summed E-state index contributed by atoms with van der Waals surface area (Å²) in [6.45, 7) is 7.33. The molecule has 0 spiro atoms. The van der Waals surface area contributed by atoms with Gasteiger partial charge >= 0.3 is 5.97 Å². The van der Waals surface area contributed by atoms with Crippen molar-refractivity contribution in [1.82, 2.24) is 10.0 Å². The van der Waals surface area contributed by atoms with Gasteiger partial charge in [-0.1, -0.05) is 58.4 Å². The first-order valence-electron chi connectivity index (χ1n) is 11.1. The van der Waals surface area contributed by atoms with E-state index in [4.69, 9.17) is 0 Å². The lowest BCUT2D eigenvalue weighted by Gasteiger charge is -2.26. The quantitative estimate of drug-likeness (QED) is 0.458. The first-order chi connectivity index (χ1) is 15.4. The third-order valence-electron chi connectivity index (χ3n) is 5.73. The average Bonchev–Trinajstić information content (AvgIpc) is 2.74. The SMILES string of the molecule is CC[C@H](C)[C@H](NS(=O)(=O)c1cccc2c(N(C)C)cccc12)C(=O)N[C@@H](CC(C)C)C(=O)O. The highest BCUT2D eigenvalue weighted by Crippen LogP contribution is 2.30. The Morgan fingerprint density at radius 2 is 1.64 bits per heavy atom. The van der Waals surface area contributed by atoms with Gasteiger partial charge in [0.2, 0.25) is 15.9 Å². The number of sulfonamides is 1. The molecule has 182 valence electrons. The molecule has 0 unspecified atom stereocenters. The van der Waals surface area contributed by atoms with Crippen molar-refractivity contribution in [2.45, 2.75) is 57.5 Å². The van der Waals surface area contributed by atoms with Crippen LogP contribution in [0.2, 0.25) is 0 Å². The summed E-state index contributed by atoms with van der Waals surface area (Å²) in [7, 11) is -0.320. The highest BCUT2D eigenvalue weighted by Gasteiger charge is 2.33. The molecule has 3 atom stereocenters. The summed E-state index contributed by atoms with van der Waals surface area (Å²) in [6.07, 6.45) is 0.778. The number of benzene rings is 2. The van der Waals surface area contributed by atoms with Gasteiger partial charge < -0.3 is 15.3 Å². The summed E-state index contributed by atoms with van der Waals surface area (Å²) in [5.74, 6) is -2.09. The molecule has 9 heteroatoms. The summed E-state index contributed by atoms with van der Waals surface area (Å²) in [6, 6.07) is 8.26. The molecule has 0 radical (unpaired) electrons. The molecule has 0 saturated heterocycles. The van der Waals surface area contributed by atoms with E-state index in [9.17, 15) is 23.1 Å². The van der Waals surface area contributed by atoms with E-state index in [0.717, 1.165) is 11.1 Å². The van der Waals surface area contributed by atoms with E-state index in [2.05, 4.69) is 10.0 Å². The molecule has 0 saturated carbocycles. The minimum atomic E-state index is -4.08. The van der Waals surface area contributed by atoms with Crippen LogP contribution in [0.25, 0.3) is 10.8 Å². The molecule has 1 amide bonds. The van der Waals surface area contributed by atoms with Gasteiger partial charge in [0.15, 0.2) is 0 Å². The van der Waals surface area contributed by atoms with Gasteiger partial charge in [0, 0.05) is 30.6 Å². The maximum atomic E-state index is 13.4. The molecule has 0 fully saturated rings. The Bertz CT molecular complexity index is 1100. The number of carbonyl (C=O) groups excluding carboxylic acids is 1. The van der Waals surface area contributed by atoms with Crippen molar-refractivity contribution in [3.8, 4) is 0 Å². The normalized spacial score (nSPS) is 14.6. The number of carbonyl (C=O) groups is 2. The summed E-state index contributed by atoms with van der Waals surface area (Å²) >= 11 is 0. The van der Waals surface area contributed by atoms with Gasteiger partial charge in [-0.15, -0.1) is 0 Å². The Kier molecular flexibility index (Phi) is 8.85. The van der Waals surface area contributed by atoms with Crippen molar-refractivity contribution in [2.24, 2.45) is 11.8 Å². The van der Waals surface area contributed by atoms with Crippen LogP contribution >= 0.6 is 0 Å². The van der Waals surface area contributed by atoms with Crippen LogP contribution in [0.15, 0.2) is 41.3 Å². The third-order valence-corrected chi connectivity index (χ3v) is 7.23. The number of nitrogens with one attached hydrogen (secondary N) is 2. The first kappa shape index (κ1) is 26.6. The lowest BCUT2D eigenvalue weighted by atomic mass is 9.98. The summed E-state index contributed by atoms with van der Waals surface area (Å²) in [5.41, 5.74) is 0.874. The Hall–Kier alpha value is -2.65. The summed E-state index contributed by atoms with van der Waals surface area (Å²) in [4.78, 5) is 26.6. The molecule has 2 aromatic carbocycles. The molecule has 3 N–H and O–H groups in total. The number of hydrogen-bond donors (Lipinski definition) is 3. The van der Waals surface area contributed by atoms with Gasteiger partial charge in [-0.05, 0) is 30.4 Å². The standard InChI is InChI=1S/C24H35N3O5S/c1-7-16(4)22(23(28)25-19(24(29)30)14-15(2)3)26-33(31,32)21-13-9-10-17-18(21)11-8-12-20(17)27(5)6/h8-13,15-16,19,22,26H,7,14H2,1-6H3,(H,25,28)(H,29,30)/t16-,19-,22-/m0/s1. The Morgan fingerprint density at radius 3 is 2.18 bits per heavy atom. The molecule has 0 aliphatic heterocycles. The second-order valence-electron chi connectivity index (χ2n) is 9.04. The van der Waals surface area contributed by atoms with Gasteiger partial charge in [-0.3, -0.25) is 4.79 Å². The molecular formula is C24H35N3O5S. The maximum Gasteiger partial charge on any atom is 0.326 e. The van der Waals surface area contributed by atoms with Crippen molar-refractivity contribution < 1.29 is 23.1 Å². The molecule has 8 nitrogen and oxygen atoms in total. The fraction of sp³-hybridized carbons (Fsp3) is 0.500. The number of aliphatic carboxylic acids is 1. The second-order valence-corrected chi connectivity index (χ2v) is 10.7. The Labute approximate surface area is 196 Å².